The van der Waals surface area contributed by atoms with E-state index in [1.165, 1.54) is 22.9 Å². The Labute approximate surface area is 104 Å². The molecule has 0 amide bonds. The Morgan fingerprint density at radius 3 is 2.67 bits per heavy atom. The first-order valence-electron chi connectivity index (χ1n) is 5.27. The first-order valence-corrected chi connectivity index (χ1v) is 6.92. The summed E-state index contributed by atoms with van der Waals surface area (Å²) in [6.45, 7) is 2.35. The van der Waals surface area contributed by atoms with Crippen molar-refractivity contribution in [3.05, 3.63) is 28.7 Å². The molecule has 0 unspecified atom stereocenters. The van der Waals surface area contributed by atoms with Gasteiger partial charge in [0.05, 0.1) is 5.69 Å². The lowest BCUT2D eigenvalue weighted by atomic mass is 10.4. The highest BCUT2D eigenvalue weighted by Crippen LogP contribution is 2.07. The summed E-state index contributed by atoms with van der Waals surface area (Å²) in [7, 11) is -3.94. The second kappa shape index (κ2) is 5.67. The number of anilines is 1. The molecular formula is C10H14N2O5S. The quantitative estimate of drug-likeness (QED) is 0.764. The van der Waals surface area contributed by atoms with E-state index in [1.807, 2.05) is 6.92 Å². The molecule has 8 heteroatoms. The molecule has 18 heavy (non-hydrogen) atoms. The predicted molar refractivity (Wildman–Crippen MR) is 66.0 cm³/mol. The average molecular weight is 274 g/mol. The van der Waals surface area contributed by atoms with Crippen LogP contribution in [-0.4, -0.2) is 29.8 Å². The second-order valence-corrected chi connectivity index (χ2v) is 5.43. The molecule has 0 spiro atoms. The Hall–Kier alpha value is -1.83. The highest BCUT2D eigenvalue weighted by atomic mass is 32.2. The van der Waals surface area contributed by atoms with Crippen molar-refractivity contribution in [3.63, 3.8) is 0 Å². The van der Waals surface area contributed by atoms with Gasteiger partial charge in [-0.3, -0.25) is 14.3 Å². The molecule has 1 rings (SSSR count). The number of pyridine rings is 1. The van der Waals surface area contributed by atoms with Gasteiger partial charge in [0.15, 0.2) is 5.75 Å². The maximum Gasteiger partial charge on any atom is 0.320 e. The highest BCUT2D eigenvalue weighted by Gasteiger charge is 2.15. The van der Waals surface area contributed by atoms with Gasteiger partial charge in [0.1, 0.15) is 0 Å². The molecule has 0 saturated heterocycles. The van der Waals surface area contributed by atoms with E-state index in [0.29, 0.717) is 6.54 Å². The third-order valence-corrected chi connectivity index (χ3v) is 3.21. The largest absolute Gasteiger partial charge is 0.480 e. The maximum atomic E-state index is 11.4. The van der Waals surface area contributed by atoms with Gasteiger partial charge in [-0.1, -0.05) is 6.92 Å². The fourth-order valence-corrected chi connectivity index (χ4v) is 2.26. The lowest BCUT2D eigenvalue weighted by Gasteiger charge is -2.09. The number of nitrogens with zero attached hydrogens (tertiary/aromatic N) is 1. The lowest BCUT2D eigenvalue weighted by molar-refractivity contribution is -0.134. The molecule has 0 aliphatic rings. The van der Waals surface area contributed by atoms with Crippen LogP contribution in [0.15, 0.2) is 23.1 Å². The monoisotopic (exact) mass is 274 g/mol. The minimum absolute atomic E-state index is 0.171. The van der Waals surface area contributed by atoms with Crippen molar-refractivity contribution in [1.29, 1.82) is 0 Å². The number of sulfonamides is 1. The molecule has 0 bridgehead atoms. The van der Waals surface area contributed by atoms with Gasteiger partial charge in [0, 0.05) is 18.8 Å². The summed E-state index contributed by atoms with van der Waals surface area (Å²) in [4.78, 5) is 21.8. The fourth-order valence-electron chi connectivity index (χ4n) is 1.39. The normalized spacial score (nSPS) is 11.2. The lowest BCUT2D eigenvalue weighted by Crippen LogP contribution is -2.24. The van der Waals surface area contributed by atoms with Gasteiger partial charge in [0.2, 0.25) is 10.0 Å². The van der Waals surface area contributed by atoms with Crippen LogP contribution in [0.1, 0.15) is 13.3 Å². The molecule has 0 aliphatic carbocycles. The van der Waals surface area contributed by atoms with Crippen molar-refractivity contribution in [2.45, 2.75) is 19.9 Å². The summed E-state index contributed by atoms with van der Waals surface area (Å²) in [5.74, 6) is -2.45. The third kappa shape index (κ3) is 4.21. The van der Waals surface area contributed by atoms with E-state index in [2.05, 4.69) is 4.72 Å². The molecule has 0 fully saturated rings. The minimum Gasteiger partial charge on any atom is -0.480 e. The molecule has 0 atom stereocenters. The molecule has 1 aromatic rings. The Morgan fingerprint density at radius 1 is 1.44 bits per heavy atom. The fraction of sp³-hybridized carbons (Fsp3) is 0.400. The van der Waals surface area contributed by atoms with E-state index < -0.39 is 21.7 Å². The van der Waals surface area contributed by atoms with E-state index in [0.717, 1.165) is 6.42 Å². The SMILES string of the molecule is CCCn1cc(NS(=O)(=O)CC(=O)O)ccc1=O. The molecule has 0 radical (unpaired) electrons. The molecule has 0 saturated carbocycles. The standard InChI is InChI=1S/C10H14N2O5S/c1-2-5-12-6-8(3-4-9(12)13)11-18(16,17)7-10(14)15/h3-4,6,11H,2,5,7H2,1H3,(H,14,15). The summed E-state index contributed by atoms with van der Waals surface area (Å²) in [6.07, 6.45) is 2.08. The van der Waals surface area contributed by atoms with Gasteiger partial charge in [-0.05, 0) is 12.5 Å². The van der Waals surface area contributed by atoms with Gasteiger partial charge in [-0.25, -0.2) is 8.42 Å². The number of nitrogens with one attached hydrogen (secondary N) is 1. The van der Waals surface area contributed by atoms with Gasteiger partial charge >= 0.3 is 5.97 Å². The van der Waals surface area contributed by atoms with Crippen molar-refractivity contribution in [2.24, 2.45) is 0 Å². The molecule has 0 aliphatic heterocycles. The van der Waals surface area contributed by atoms with Crippen molar-refractivity contribution >= 4 is 21.7 Å². The molecule has 2 N–H and O–H groups in total. The summed E-state index contributed by atoms with van der Waals surface area (Å²) in [6, 6.07) is 2.53. The zero-order valence-electron chi connectivity index (χ0n) is 9.79. The van der Waals surface area contributed by atoms with Crippen LogP contribution in [0, 0.1) is 0 Å². The Bertz CT molecular complexity index is 591. The van der Waals surface area contributed by atoms with Crippen molar-refractivity contribution in [3.8, 4) is 0 Å². The molecule has 0 aromatic carbocycles. The number of carboxylic acid groups (broad SMARTS) is 1. The number of carbonyl (C=O) groups is 1. The van der Waals surface area contributed by atoms with E-state index in [1.54, 1.807) is 0 Å². The van der Waals surface area contributed by atoms with Crippen LogP contribution in [0.2, 0.25) is 0 Å². The van der Waals surface area contributed by atoms with E-state index >= 15 is 0 Å². The zero-order valence-corrected chi connectivity index (χ0v) is 10.6. The number of rotatable bonds is 6. The van der Waals surface area contributed by atoms with Crippen molar-refractivity contribution in [2.75, 3.05) is 10.5 Å². The van der Waals surface area contributed by atoms with E-state index in [9.17, 15) is 18.0 Å². The topological polar surface area (TPSA) is 105 Å². The van der Waals surface area contributed by atoms with Gasteiger partial charge in [-0.15, -0.1) is 0 Å². The Balaban J connectivity index is 2.95. The molecule has 1 aromatic heterocycles. The number of aromatic nitrogens is 1. The van der Waals surface area contributed by atoms with Crippen LogP contribution in [-0.2, 0) is 21.4 Å². The smallest absolute Gasteiger partial charge is 0.320 e. The third-order valence-electron chi connectivity index (χ3n) is 2.03. The van der Waals surface area contributed by atoms with Crippen molar-refractivity contribution < 1.29 is 18.3 Å². The summed E-state index contributed by atoms with van der Waals surface area (Å²) < 4.78 is 26.2. The maximum absolute atomic E-state index is 11.4. The Kier molecular flexibility index (Phi) is 4.49. The second-order valence-electron chi connectivity index (χ2n) is 3.70. The van der Waals surface area contributed by atoms with Crippen LogP contribution in [0.25, 0.3) is 0 Å². The number of hydrogen-bond donors (Lipinski definition) is 2. The van der Waals surface area contributed by atoms with Gasteiger partial charge in [0.25, 0.3) is 5.56 Å². The number of carboxylic acids is 1. The average Bonchev–Trinajstić information content (AvgIpc) is 2.21. The van der Waals surface area contributed by atoms with Crippen molar-refractivity contribution in [1.82, 2.24) is 4.57 Å². The van der Waals surface area contributed by atoms with Crippen LogP contribution in [0.4, 0.5) is 5.69 Å². The first kappa shape index (κ1) is 14.2. The molecule has 1 heterocycles. The summed E-state index contributed by atoms with van der Waals surface area (Å²) >= 11 is 0. The molecule has 100 valence electrons. The van der Waals surface area contributed by atoms with Crippen LogP contribution >= 0.6 is 0 Å². The highest BCUT2D eigenvalue weighted by molar-refractivity contribution is 7.93. The first-order chi connectivity index (χ1) is 8.34. The number of aliphatic carboxylic acids is 1. The molecular weight excluding hydrogens is 260 g/mol. The minimum atomic E-state index is -3.94. The van der Waals surface area contributed by atoms with E-state index in [4.69, 9.17) is 5.11 Å². The predicted octanol–water partition coefficient (Wildman–Crippen LogP) is 0.0846. The zero-order chi connectivity index (χ0) is 13.8. The van der Waals surface area contributed by atoms with Gasteiger partial charge < -0.3 is 9.67 Å². The number of aryl methyl sites for hydroxylation is 1. The van der Waals surface area contributed by atoms with Gasteiger partial charge in [-0.2, -0.15) is 0 Å². The van der Waals surface area contributed by atoms with E-state index in [-0.39, 0.29) is 11.2 Å². The number of hydrogen-bond acceptors (Lipinski definition) is 4. The molecule has 7 nitrogen and oxygen atoms in total. The van der Waals surface area contributed by atoms with Crippen LogP contribution in [0.3, 0.4) is 0 Å². The summed E-state index contributed by atoms with van der Waals surface area (Å²) in [5.41, 5.74) is -0.0673. The Morgan fingerprint density at radius 2 is 2.11 bits per heavy atom. The van der Waals surface area contributed by atoms with Crippen LogP contribution in [0.5, 0.6) is 0 Å². The van der Waals surface area contributed by atoms with Crippen LogP contribution < -0.4 is 10.3 Å². The summed E-state index contributed by atoms with van der Waals surface area (Å²) in [5, 5.41) is 8.44.